The van der Waals surface area contributed by atoms with Gasteiger partial charge in [0.1, 0.15) is 18.7 Å². The van der Waals surface area contributed by atoms with E-state index < -0.39 is 35.5 Å². The molecule has 1 aliphatic carbocycles. The summed E-state index contributed by atoms with van der Waals surface area (Å²) >= 11 is 0. The summed E-state index contributed by atoms with van der Waals surface area (Å²) in [6.07, 6.45) is -0.719. The Hall–Kier alpha value is -3.35. The topological polar surface area (TPSA) is 105 Å². The fraction of sp³-hybridized carbons (Fsp3) is 0.423. The van der Waals surface area contributed by atoms with Crippen LogP contribution in [0.25, 0.3) is 11.1 Å². The zero-order valence-electron chi connectivity index (χ0n) is 19.7. The molecule has 176 valence electrons. The number of carboxylic acid groups (broad SMARTS) is 1. The highest BCUT2D eigenvalue weighted by Gasteiger charge is 2.36. The van der Waals surface area contributed by atoms with Crippen molar-refractivity contribution in [3.63, 3.8) is 0 Å². The quantitative estimate of drug-likeness (QED) is 0.585. The molecule has 0 aromatic heterocycles. The van der Waals surface area contributed by atoms with Crippen LogP contribution < -0.4 is 10.6 Å². The third kappa shape index (κ3) is 5.35. The van der Waals surface area contributed by atoms with Crippen molar-refractivity contribution in [3.05, 3.63) is 59.7 Å². The van der Waals surface area contributed by atoms with Gasteiger partial charge in [0.25, 0.3) is 0 Å². The molecule has 33 heavy (non-hydrogen) atoms. The van der Waals surface area contributed by atoms with Crippen molar-refractivity contribution in [2.75, 3.05) is 6.61 Å². The van der Waals surface area contributed by atoms with Gasteiger partial charge in [0, 0.05) is 5.92 Å². The molecular weight excluding hydrogens is 420 g/mol. The SMILES string of the molecule is CC(C)C(NC(=O)[C@H](NC(=O)OCC1c2ccccc2-c2ccccc21)C(C)(C)C)C(=O)O. The number of benzene rings is 2. The standard InChI is InChI=1S/C26H32N2O5/c1-15(2)21(24(30)31)27-23(29)22(26(3,4)5)28-25(32)33-14-20-18-12-8-6-10-16(18)17-11-7-9-13-19(17)20/h6-13,15,20-22H,14H2,1-5H3,(H,27,29)(H,28,32)(H,30,31)/t21?,22-/m0/s1. The third-order valence-electron chi connectivity index (χ3n) is 5.96. The first kappa shape index (κ1) is 24.3. The lowest BCUT2D eigenvalue weighted by molar-refractivity contribution is -0.143. The number of hydrogen-bond acceptors (Lipinski definition) is 4. The van der Waals surface area contributed by atoms with Crippen molar-refractivity contribution >= 4 is 18.0 Å². The molecule has 1 unspecified atom stereocenters. The number of carboxylic acids is 1. The second kappa shape index (κ2) is 9.65. The first-order valence-electron chi connectivity index (χ1n) is 11.2. The maximum absolute atomic E-state index is 12.9. The summed E-state index contributed by atoms with van der Waals surface area (Å²) in [5, 5.41) is 14.6. The van der Waals surface area contributed by atoms with E-state index in [4.69, 9.17) is 4.74 Å². The van der Waals surface area contributed by atoms with Gasteiger partial charge < -0.3 is 20.5 Å². The van der Waals surface area contributed by atoms with Gasteiger partial charge in [-0.3, -0.25) is 4.79 Å². The minimum absolute atomic E-state index is 0.0950. The van der Waals surface area contributed by atoms with Gasteiger partial charge in [0.15, 0.2) is 0 Å². The van der Waals surface area contributed by atoms with Crippen molar-refractivity contribution in [2.45, 2.75) is 52.6 Å². The van der Waals surface area contributed by atoms with Gasteiger partial charge in [-0.05, 0) is 33.6 Å². The van der Waals surface area contributed by atoms with Gasteiger partial charge in [-0.1, -0.05) is 83.1 Å². The summed E-state index contributed by atoms with van der Waals surface area (Å²) < 4.78 is 5.57. The van der Waals surface area contributed by atoms with Crippen LogP contribution in [0.2, 0.25) is 0 Å². The van der Waals surface area contributed by atoms with Crippen LogP contribution in [-0.2, 0) is 14.3 Å². The highest BCUT2D eigenvalue weighted by Crippen LogP contribution is 2.44. The van der Waals surface area contributed by atoms with Gasteiger partial charge in [-0.25, -0.2) is 9.59 Å². The Morgan fingerprint density at radius 3 is 1.91 bits per heavy atom. The highest BCUT2D eigenvalue weighted by atomic mass is 16.5. The molecule has 2 amide bonds. The summed E-state index contributed by atoms with van der Waals surface area (Å²) in [6.45, 7) is 8.95. The number of alkyl carbamates (subject to hydrolysis) is 1. The Labute approximate surface area is 194 Å². The number of nitrogens with one attached hydrogen (secondary N) is 2. The molecule has 3 rings (SSSR count). The molecule has 0 bridgehead atoms. The summed E-state index contributed by atoms with van der Waals surface area (Å²) in [5.41, 5.74) is 3.79. The monoisotopic (exact) mass is 452 g/mol. The normalized spacial score (nSPS) is 14.7. The maximum atomic E-state index is 12.9. The Morgan fingerprint density at radius 1 is 0.939 bits per heavy atom. The molecule has 0 heterocycles. The molecule has 0 spiro atoms. The van der Waals surface area contributed by atoms with Crippen molar-refractivity contribution < 1.29 is 24.2 Å². The van der Waals surface area contributed by atoms with Crippen LogP contribution in [0.4, 0.5) is 4.79 Å². The largest absolute Gasteiger partial charge is 0.480 e. The first-order valence-corrected chi connectivity index (χ1v) is 11.2. The second-order valence-electron chi connectivity index (χ2n) is 9.84. The number of hydrogen-bond donors (Lipinski definition) is 3. The van der Waals surface area contributed by atoms with Crippen molar-refractivity contribution in [2.24, 2.45) is 11.3 Å². The number of ether oxygens (including phenoxy) is 1. The fourth-order valence-electron chi connectivity index (χ4n) is 4.18. The summed E-state index contributed by atoms with van der Waals surface area (Å²) in [4.78, 5) is 37.1. The zero-order chi connectivity index (χ0) is 24.3. The molecule has 0 radical (unpaired) electrons. The third-order valence-corrected chi connectivity index (χ3v) is 5.96. The predicted molar refractivity (Wildman–Crippen MR) is 126 cm³/mol. The van der Waals surface area contributed by atoms with Crippen LogP contribution in [0, 0.1) is 11.3 Å². The van der Waals surface area contributed by atoms with E-state index in [1.54, 1.807) is 34.6 Å². The van der Waals surface area contributed by atoms with Crippen LogP contribution in [-0.4, -0.2) is 41.8 Å². The molecule has 1 aliphatic rings. The molecule has 2 aromatic carbocycles. The van der Waals surface area contributed by atoms with Crippen LogP contribution in [0.1, 0.15) is 51.7 Å². The van der Waals surface area contributed by atoms with E-state index in [1.165, 1.54) is 0 Å². The number of fused-ring (bicyclic) bond motifs is 3. The minimum atomic E-state index is -1.12. The second-order valence-corrected chi connectivity index (χ2v) is 9.84. The molecule has 0 fully saturated rings. The Kier molecular flexibility index (Phi) is 7.10. The molecule has 3 N–H and O–H groups in total. The number of carbonyl (C=O) groups excluding carboxylic acids is 2. The van der Waals surface area contributed by atoms with E-state index in [0.29, 0.717) is 0 Å². The Morgan fingerprint density at radius 2 is 1.45 bits per heavy atom. The van der Waals surface area contributed by atoms with Crippen LogP contribution in [0.15, 0.2) is 48.5 Å². The molecule has 0 aliphatic heterocycles. The smallest absolute Gasteiger partial charge is 0.407 e. The zero-order valence-corrected chi connectivity index (χ0v) is 19.7. The van der Waals surface area contributed by atoms with Gasteiger partial charge in [0.05, 0.1) is 0 Å². The number of rotatable bonds is 7. The van der Waals surface area contributed by atoms with E-state index in [-0.39, 0.29) is 18.4 Å². The van der Waals surface area contributed by atoms with E-state index in [2.05, 4.69) is 22.8 Å². The van der Waals surface area contributed by atoms with E-state index in [9.17, 15) is 19.5 Å². The van der Waals surface area contributed by atoms with Crippen LogP contribution in [0.3, 0.4) is 0 Å². The number of carbonyl (C=O) groups is 3. The predicted octanol–water partition coefficient (Wildman–Crippen LogP) is 4.17. The lowest BCUT2D eigenvalue weighted by Gasteiger charge is -2.31. The Bertz CT molecular complexity index is 995. The molecule has 7 nitrogen and oxygen atoms in total. The number of aliphatic carboxylic acids is 1. The molecule has 2 atom stereocenters. The van der Waals surface area contributed by atoms with Crippen molar-refractivity contribution in [1.82, 2.24) is 10.6 Å². The van der Waals surface area contributed by atoms with Gasteiger partial charge in [-0.15, -0.1) is 0 Å². The average molecular weight is 453 g/mol. The molecule has 0 saturated carbocycles. The Balaban J connectivity index is 1.71. The molecule has 2 aromatic rings. The molecule has 7 heteroatoms. The van der Waals surface area contributed by atoms with Crippen molar-refractivity contribution in [1.29, 1.82) is 0 Å². The lowest BCUT2D eigenvalue weighted by atomic mass is 9.86. The minimum Gasteiger partial charge on any atom is -0.480 e. The van der Waals surface area contributed by atoms with Crippen LogP contribution in [0.5, 0.6) is 0 Å². The number of amides is 2. The summed E-state index contributed by atoms with van der Waals surface area (Å²) in [6, 6.07) is 14.1. The fourth-order valence-corrected chi connectivity index (χ4v) is 4.18. The molecular formula is C26H32N2O5. The lowest BCUT2D eigenvalue weighted by Crippen LogP contribution is -2.57. The van der Waals surface area contributed by atoms with Gasteiger partial charge in [-0.2, -0.15) is 0 Å². The average Bonchev–Trinajstić information content (AvgIpc) is 3.06. The maximum Gasteiger partial charge on any atom is 0.407 e. The summed E-state index contributed by atoms with van der Waals surface area (Å²) in [5.74, 6) is -2.08. The van der Waals surface area contributed by atoms with Gasteiger partial charge >= 0.3 is 12.1 Å². The summed E-state index contributed by atoms with van der Waals surface area (Å²) in [7, 11) is 0. The van der Waals surface area contributed by atoms with E-state index in [0.717, 1.165) is 22.3 Å². The highest BCUT2D eigenvalue weighted by molar-refractivity contribution is 5.90. The van der Waals surface area contributed by atoms with Crippen molar-refractivity contribution in [3.8, 4) is 11.1 Å². The van der Waals surface area contributed by atoms with Gasteiger partial charge in [0.2, 0.25) is 5.91 Å². The van der Waals surface area contributed by atoms with Crippen LogP contribution >= 0.6 is 0 Å². The first-order chi connectivity index (χ1) is 15.5. The molecule has 0 saturated heterocycles. The van der Waals surface area contributed by atoms with E-state index in [1.807, 2.05) is 36.4 Å². The van der Waals surface area contributed by atoms with E-state index >= 15 is 0 Å².